The van der Waals surface area contributed by atoms with Gasteiger partial charge in [-0.25, -0.2) is 0 Å². The van der Waals surface area contributed by atoms with Gasteiger partial charge in [-0.1, -0.05) is 18.1 Å². The minimum absolute atomic E-state index is 0.299. The molecule has 1 aliphatic rings. The highest BCUT2D eigenvalue weighted by Gasteiger charge is 2.09. The van der Waals surface area contributed by atoms with Gasteiger partial charge in [0, 0.05) is 32.7 Å². The van der Waals surface area contributed by atoms with E-state index >= 15 is 0 Å². The molecule has 0 atom stereocenters. The molecule has 0 spiro atoms. The van der Waals surface area contributed by atoms with Gasteiger partial charge < -0.3 is 20.1 Å². The van der Waals surface area contributed by atoms with E-state index in [0.29, 0.717) is 6.61 Å². The Morgan fingerprint density at radius 2 is 2.04 bits per heavy atom. The third-order valence-corrected chi connectivity index (χ3v) is 4.09. The van der Waals surface area contributed by atoms with E-state index in [-0.39, 0.29) is 0 Å². The first kappa shape index (κ1) is 20.1. The molecule has 0 aromatic heterocycles. The van der Waals surface area contributed by atoms with E-state index in [4.69, 9.17) is 15.9 Å². The van der Waals surface area contributed by atoms with Gasteiger partial charge in [-0.3, -0.25) is 9.89 Å². The van der Waals surface area contributed by atoms with Crippen molar-refractivity contribution in [1.29, 1.82) is 0 Å². The van der Waals surface area contributed by atoms with Gasteiger partial charge in [-0.15, -0.1) is 6.42 Å². The Labute approximate surface area is 157 Å². The third-order valence-electron chi connectivity index (χ3n) is 4.09. The monoisotopic (exact) mass is 358 g/mol. The molecule has 1 saturated heterocycles. The van der Waals surface area contributed by atoms with Crippen LogP contribution in [0.5, 0.6) is 5.75 Å². The number of aliphatic imine (C=N–C) groups is 1. The summed E-state index contributed by atoms with van der Waals surface area (Å²) >= 11 is 0. The van der Waals surface area contributed by atoms with Crippen molar-refractivity contribution in [2.75, 3.05) is 59.1 Å². The second kappa shape index (κ2) is 12.2. The molecule has 142 valence electrons. The molecule has 26 heavy (non-hydrogen) atoms. The smallest absolute Gasteiger partial charge is 0.191 e. The Bertz CT molecular complexity index is 574. The van der Waals surface area contributed by atoms with Crippen LogP contribution in [0.15, 0.2) is 29.3 Å². The maximum absolute atomic E-state index is 5.39. The van der Waals surface area contributed by atoms with E-state index in [1.165, 1.54) is 5.56 Å². The van der Waals surface area contributed by atoms with Crippen molar-refractivity contribution >= 4 is 5.96 Å². The van der Waals surface area contributed by atoms with Crippen LogP contribution in [-0.2, 0) is 11.2 Å². The van der Waals surface area contributed by atoms with Crippen LogP contribution < -0.4 is 15.4 Å². The molecule has 1 fully saturated rings. The molecule has 2 N–H and O–H groups in total. The van der Waals surface area contributed by atoms with Crippen LogP contribution in [0.25, 0.3) is 0 Å². The van der Waals surface area contributed by atoms with Gasteiger partial charge in [0.1, 0.15) is 12.4 Å². The van der Waals surface area contributed by atoms with Crippen molar-refractivity contribution in [3.8, 4) is 18.1 Å². The van der Waals surface area contributed by atoms with Crippen LogP contribution in [0, 0.1) is 12.3 Å². The first-order valence-corrected chi connectivity index (χ1v) is 9.29. The van der Waals surface area contributed by atoms with E-state index in [0.717, 1.165) is 70.6 Å². The van der Waals surface area contributed by atoms with Crippen molar-refractivity contribution in [2.45, 2.75) is 13.3 Å². The molecule has 0 radical (unpaired) electrons. The Kier molecular flexibility index (Phi) is 9.41. The number of hydrogen-bond donors (Lipinski definition) is 2. The third kappa shape index (κ3) is 7.77. The molecule has 1 aromatic carbocycles. The van der Waals surface area contributed by atoms with Gasteiger partial charge >= 0.3 is 0 Å². The van der Waals surface area contributed by atoms with Crippen molar-refractivity contribution < 1.29 is 9.47 Å². The molecule has 2 rings (SSSR count). The highest BCUT2D eigenvalue weighted by Crippen LogP contribution is 2.12. The fourth-order valence-electron chi connectivity index (χ4n) is 2.67. The Balaban J connectivity index is 1.71. The van der Waals surface area contributed by atoms with Gasteiger partial charge in [0.25, 0.3) is 0 Å². The molecule has 0 aliphatic carbocycles. The van der Waals surface area contributed by atoms with Crippen LogP contribution in [0.3, 0.4) is 0 Å². The van der Waals surface area contributed by atoms with E-state index in [9.17, 15) is 0 Å². The van der Waals surface area contributed by atoms with Gasteiger partial charge in [-0.05, 0) is 31.0 Å². The predicted molar refractivity (Wildman–Crippen MR) is 106 cm³/mol. The molecule has 0 unspecified atom stereocenters. The Hall–Kier alpha value is -2.23. The average Bonchev–Trinajstić information content (AvgIpc) is 2.68. The van der Waals surface area contributed by atoms with Crippen molar-refractivity contribution in [3.63, 3.8) is 0 Å². The standard InChI is InChI=1S/C20H30N4O2/c1-3-15-26-19-7-5-18(6-8-19)9-10-22-20(21-4-2)23-11-12-24-13-16-25-17-14-24/h1,5-8H,4,9-17H2,2H3,(H2,21,22,23). The lowest BCUT2D eigenvalue weighted by molar-refractivity contribution is 0.0394. The fourth-order valence-corrected chi connectivity index (χ4v) is 2.67. The number of rotatable bonds is 9. The second-order valence-corrected chi connectivity index (χ2v) is 6.03. The highest BCUT2D eigenvalue weighted by atomic mass is 16.5. The number of terminal acetylenes is 1. The molecular weight excluding hydrogens is 328 g/mol. The van der Waals surface area contributed by atoms with Crippen molar-refractivity contribution in [3.05, 3.63) is 29.8 Å². The summed E-state index contributed by atoms with van der Waals surface area (Å²) in [5, 5.41) is 6.69. The molecular formula is C20H30N4O2. The number of morpholine rings is 1. The van der Waals surface area contributed by atoms with E-state index in [2.05, 4.69) is 45.5 Å². The predicted octanol–water partition coefficient (Wildman–Crippen LogP) is 1.13. The van der Waals surface area contributed by atoms with Crippen molar-refractivity contribution in [2.24, 2.45) is 4.99 Å². The number of ether oxygens (including phenoxy) is 2. The van der Waals surface area contributed by atoms with Crippen LogP contribution in [0.2, 0.25) is 0 Å². The minimum atomic E-state index is 0.299. The highest BCUT2D eigenvalue weighted by molar-refractivity contribution is 5.79. The number of benzene rings is 1. The number of guanidine groups is 1. The van der Waals surface area contributed by atoms with E-state index in [1.54, 1.807) is 0 Å². The van der Waals surface area contributed by atoms with Crippen LogP contribution >= 0.6 is 0 Å². The van der Waals surface area contributed by atoms with E-state index in [1.807, 2.05) is 12.1 Å². The Morgan fingerprint density at radius 1 is 1.27 bits per heavy atom. The lowest BCUT2D eigenvalue weighted by Crippen LogP contribution is -2.40. The summed E-state index contributed by atoms with van der Waals surface area (Å²) in [6.45, 7) is 9.47. The molecule has 0 amide bonds. The minimum Gasteiger partial charge on any atom is -0.481 e. The molecule has 6 heteroatoms. The average molecular weight is 358 g/mol. The zero-order valence-corrected chi connectivity index (χ0v) is 15.7. The van der Waals surface area contributed by atoms with Gasteiger partial charge in [0.15, 0.2) is 5.96 Å². The number of nitrogens with zero attached hydrogens (tertiary/aromatic N) is 2. The summed E-state index contributed by atoms with van der Waals surface area (Å²) in [7, 11) is 0. The zero-order chi connectivity index (χ0) is 18.5. The van der Waals surface area contributed by atoms with E-state index < -0.39 is 0 Å². The first-order valence-electron chi connectivity index (χ1n) is 9.29. The normalized spacial score (nSPS) is 15.3. The molecule has 0 saturated carbocycles. The summed E-state index contributed by atoms with van der Waals surface area (Å²) in [6, 6.07) is 8.04. The lowest BCUT2D eigenvalue weighted by atomic mass is 10.1. The fraction of sp³-hybridized carbons (Fsp3) is 0.550. The number of hydrogen-bond acceptors (Lipinski definition) is 4. The summed E-state index contributed by atoms with van der Waals surface area (Å²) in [5.41, 5.74) is 1.25. The maximum Gasteiger partial charge on any atom is 0.191 e. The van der Waals surface area contributed by atoms with Gasteiger partial charge in [-0.2, -0.15) is 0 Å². The largest absolute Gasteiger partial charge is 0.481 e. The summed E-state index contributed by atoms with van der Waals surface area (Å²) in [6.07, 6.45) is 6.11. The molecule has 1 aromatic rings. The molecule has 1 heterocycles. The van der Waals surface area contributed by atoms with Crippen molar-refractivity contribution in [1.82, 2.24) is 15.5 Å². The zero-order valence-electron chi connectivity index (χ0n) is 15.7. The molecule has 1 aliphatic heterocycles. The number of nitrogens with one attached hydrogen (secondary N) is 2. The van der Waals surface area contributed by atoms with Crippen LogP contribution in [0.1, 0.15) is 12.5 Å². The topological polar surface area (TPSA) is 58.1 Å². The maximum atomic E-state index is 5.39. The van der Waals surface area contributed by atoms with Crippen LogP contribution in [-0.4, -0.2) is 69.9 Å². The summed E-state index contributed by atoms with van der Waals surface area (Å²) < 4.78 is 10.8. The van der Waals surface area contributed by atoms with Gasteiger partial charge in [0.2, 0.25) is 0 Å². The molecule has 6 nitrogen and oxygen atoms in total. The second-order valence-electron chi connectivity index (χ2n) is 6.03. The quantitative estimate of drug-likeness (QED) is 0.394. The van der Waals surface area contributed by atoms with Gasteiger partial charge in [0.05, 0.1) is 19.8 Å². The summed E-state index contributed by atoms with van der Waals surface area (Å²) in [5.74, 6) is 4.14. The first-order chi connectivity index (χ1) is 12.8. The lowest BCUT2D eigenvalue weighted by Gasteiger charge is -2.25. The Morgan fingerprint density at radius 3 is 2.73 bits per heavy atom. The molecule has 0 bridgehead atoms. The SMILES string of the molecule is C#CCOc1ccc(CCNC(=NCCN2CCOCC2)NCC)cc1. The summed E-state index contributed by atoms with van der Waals surface area (Å²) in [4.78, 5) is 7.05. The van der Waals surface area contributed by atoms with Crippen LogP contribution in [0.4, 0.5) is 0 Å².